The van der Waals surface area contributed by atoms with Gasteiger partial charge in [0.05, 0.1) is 8.07 Å². The number of hydrogen-bond acceptors (Lipinski definition) is 1. The van der Waals surface area contributed by atoms with Gasteiger partial charge in [-0.15, -0.1) is 0 Å². The van der Waals surface area contributed by atoms with Crippen LogP contribution in [-0.2, 0) is 11.6 Å². The molecule has 0 bridgehead atoms. The van der Waals surface area contributed by atoms with Gasteiger partial charge in [-0.25, -0.2) is 0 Å². The minimum atomic E-state index is -5.87. The topological polar surface area (TPSA) is 20.2 Å². The van der Waals surface area contributed by atoms with Crippen LogP contribution in [0.3, 0.4) is 0 Å². The van der Waals surface area contributed by atoms with Crippen molar-refractivity contribution in [1.82, 2.24) is 0 Å². The average molecular weight is 392 g/mol. The van der Waals surface area contributed by atoms with Gasteiger partial charge in [0, 0.05) is 5.56 Å². The summed E-state index contributed by atoms with van der Waals surface area (Å²) in [7, 11) is -2.14. The molecule has 26 heavy (non-hydrogen) atoms. The minimum absolute atomic E-state index is 0.690. The van der Waals surface area contributed by atoms with Gasteiger partial charge in [0.25, 0.3) is 5.60 Å². The lowest BCUT2D eigenvalue weighted by atomic mass is 9.92. The lowest BCUT2D eigenvalue weighted by Crippen LogP contribution is -2.54. The van der Waals surface area contributed by atoms with Gasteiger partial charge >= 0.3 is 12.4 Å². The van der Waals surface area contributed by atoms with Crippen LogP contribution in [-0.4, -0.2) is 25.5 Å². The smallest absolute Gasteiger partial charge is 0.369 e. The molecule has 0 aliphatic carbocycles. The highest BCUT2D eigenvalue weighted by Gasteiger charge is 2.71. The molecule has 0 saturated heterocycles. The van der Waals surface area contributed by atoms with Crippen LogP contribution in [0.15, 0.2) is 54.6 Å². The predicted molar refractivity (Wildman–Crippen MR) is 89.7 cm³/mol. The molecule has 0 aliphatic heterocycles. The molecule has 2 rings (SSSR count). The first-order valence-corrected chi connectivity index (χ1v) is 11.0. The summed E-state index contributed by atoms with van der Waals surface area (Å²) in [6.45, 7) is 3.96. The molecule has 8 heteroatoms. The van der Waals surface area contributed by atoms with Gasteiger partial charge in [-0.2, -0.15) is 26.3 Å². The van der Waals surface area contributed by atoms with Gasteiger partial charge in [0.2, 0.25) is 0 Å². The van der Waals surface area contributed by atoms with Crippen molar-refractivity contribution < 1.29 is 31.4 Å². The Kier molecular flexibility index (Phi) is 5.31. The molecule has 0 unspecified atom stereocenters. The molecule has 0 atom stereocenters. The maximum atomic E-state index is 12.9. The Hall–Kier alpha value is -1.80. The summed E-state index contributed by atoms with van der Waals surface area (Å²) in [6.07, 6.45) is -11.7. The first-order valence-electron chi connectivity index (χ1n) is 7.80. The number of aliphatic hydroxyl groups is 1. The number of benzene rings is 2. The first kappa shape index (κ1) is 20.5. The van der Waals surface area contributed by atoms with Crippen LogP contribution in [0.5, 0.6) is 0 Å². The Labute approximate surface area is 148 Å². The molecule has 2 aromatic rings. The van der Waals surface area contributed by atoms with Crippen LogP contribution in [0.25, 0.3) is 0 Å². The SMILES string of the molecule is C[Si](C)(Cc1ccccc1)c1ccc(C(O)(C(F)(F)F)C(F)(F)F)cc1. The van der Waals surface area contributed by atoms with Crippen LogP contribution in [0, 0.1) is 0 Å². The van der Waals surface area contributed by atoms with Crippen molar-refractivity contribution >= 4 is 13.3 Å². The van der Waals surface area contributed by atoms with Gasteiger partial charge in [-0.3, -0.25) is 0 Å². The van der Waals surface area contributed by atoms with Crippen molar-refractivity contribution in [2.24, 2.45) is 0 Å². The number of halogens is 6. The molecule has 0 heterocycles. The second-order valence-corrected chi connectivity index (χ2v) is 11.5. The molecule has 142 valence electrons. The van der Waals surface area contributed by atoms with Crippen LogP contribution >= 0.6 is 0 Å². The molecule has 0 spiro atoms. The van der Waals surface area contributed by atoms with E-state index in [1.165, 1.54) is 12.1 Å². The second kappa shape index (κ2) is 6.73. The highest BCUT2D eigenvalue weighted by molar-refractivity contribution is 6.89. The summed E-state index contributed by atoms with van der Waals surface area (Å²) in [4.78, 5) is 0. The van der Waals surface area contributed by atoms with E-state index in [-0.39, 0.29) is 0 Å². The van der Waals surface area contributed by atoms with Crippen LogP contribution in [0.4, 0.5) is 26.3 Å². The molecule has 0 aliphatic rings. The van der Waals surface area contributed by atoms with E-state index in [1.54, 1.807) is 0 Å². The molecule has 1 nitrogen and oxygen atoms in total. The Bertz CT molecular complexity index is 721. The van der Waals surface area contributed by atoms with E-state index in [9.17, 15) is 31.4 Å². The van der Waals surface area contributed by atoms with E-state index in [4.69, 9.17) is 0 Å². The zero-order valence-corrected chi connectivity index (χ0v) is 15.1. The molecule has 2 aromatic carbocycles. The molecule has 0 amide bonds. The second-order valence-electron chi connectivity index (χ2n) is 6.83. The van der Waals surface area contributed by atoms with E-state index < -0.39 is 31.6 Å². The van der Waals surface area contributed by atoms with Gasteiger partial charge in [-0.05, 0) is 6.04 Å². The lowest BCUT2D eigenvalue weighted by molar-refractivity contribution is -0.376. The zero-order chi connectivity index (χ0) is 19.8. The van der Waals surface area contributed by atoms with E-state index >= 15 is 0 Å². The molecule has 0 radical (unpaired) electrons. The Morgan fingerprint density at radius 2 is 1.23 bits per heavy atom. The fourth-order valence-corrected chi connectivity index (χ4v) is 5.39. The molecular formula is C18H18F6OSi. The Morgan fingerprint density at radius 1 is 0.769 bits per heavy atom. The van der Waals surface area contributed by atoms with E-state index in [1.807, 2.05) is 43.4 Å². The highest BCUT2D eigenvalue weighted by atomic mass is 28.3. The lowest BCUT2D eigenvalue weighted by Gasteiger charge is -2.33. The van der Waals surface area contributed by atoms with E-state index in [2.05, 4.69) is 0 Å². The number of hydrogen-bond donors (Lipinski definition) is 1. The third kappa shape index (κ3) is 3.80. The summed E-state index contributed by atoms with van der Waals surface area (Å²) < 4.78 is 77.7. The zero-order valence-electron chi connectivity index (χ0n) is 14.1. The largest absolute Gasteiger partial charge is 0.430 e. The maximum Gasteiger partial charge on any atom is 0.430 e. The van der Waals surface area contributed by atoms with E-state index in [0.717, 1.165) is 17.7 Å². The summed E-state index contributed by atoms with van der Waals surface area (Å²) in [6, 6.07) is 14.1. The predicted octanol–water partition coefficient (Wildman–Crippen LogP) is 4.70. The fourth-order valence-electron chi connectivity index (χ4n) is 2.86. The van der Waals surface area contributed by atoms with Crippen molar-refractivity contribution in [3.05, 3.63) is 65.7 Å². The van der Waals surface area contributed by atoms with Crippen molar-refractivity contribution in [3.8, 4) is 0 Å². The van der Waals surface area contributed by atoms with Crippen molar-refractivity contribution in [2.45, 2.75) is 37.1 Å². The van der Waals surface area contributed by atoms with Gasteiger partial charge in [0.15, 0.2) is 0 Å². The van der Waals surface area contributed by atoms with Gasteiger partial charge in [-0.1, -0.05) is 78.4 Å². The molecule has 0 saturated carbocycles. The van der Waals surface area contributed by atoms with Crippen LogP contribution < -0.4 is 5.19 Å². The maximum absolute atomic E-state index is 12.9. The molecule has 1 N–H and O–H groups in total. The number of alkyl halides is 6. The monoisotopic (exact) mass is 392 g/mol. The summed E-state index contributed by atoms with van der Waals surface area (Å²) >= 11 is 0. The summed E-state index contributed by atoms with van der Waals surface area (Å²) in [5, 5.41) is 10.2. The molecule has 0 fully saturated rings. The molecule has 0 aromatic heterocycles. The highest BCUT2D eigenvalue weighted by Crippen LogP contribution is 2.49. The molecular weight excluding hydrogens is 374 g/mol. The standard InChI is InChI=1S/C18H18F6OSi/c1-26(2,12-13-6-4-3-5-7-13)15-10-8-14(9-11-15)16(25,17(19,20)21)18(22,23)24/h3-11,25H,12H2,1-2H3. The van der Waals surface area contributed by atoms with E-state index in [0.29, 0.717) is 11.2 Å². The normalized spacial score (nSPS) is 13.7. The van der Waals surface area contributed by atoms with Crippen molar-refractivity contribution in [3.63, 3.8) is 0 Å². The third-order valence-electron chi connectivity index (χ3n) is 4.39. The number of rotatable bonds is 4. The summed E-state index contributed by atoms with van der Waals surface area (Å²) in [5.74, 6) is 0. The third-order valence-corrected chi connectivity index (χ3v) is 7.58. The van der Waals surface area contributed by atoms with Crippen LogP contribution in [0.1, 0.15) is 11.1 Å². The van der Waals surface area contributed by atoms with Gasteiger partial charge in [0.1, 0.15) is 0 Å². The van der Waals surface area contributed by atoms with Gasteiger partial charge < -0.3 is 5.11 Å². The Balaban J connectivity index is 2.38. The minimum Gasteiger partial charge on any atom is -0.369 e. The fraction of sp³-hybridized carbons (Fsp3) is 0.333. The van der Waals surface area contributed by atoms with Crippen LogP contribution in [0.2, 0.25) is 13.1 Å². The first-order chi connectivity index (χ1) is 11.8. The quantitative estimate of drug-likeness (QED) is 0.591. The van der Waals surface area contributed by atoms with Crippen molar-refractivity contribution in [1.29, 1.82) is 0 Å². The average Bonchev–Trinajstić information content (AvgIpc) is 2.52. The summed E-state index contributed by atoms with van der Waals surface area (Å²) in [5.41, 5.74) is -5.06. The Morgan fingerprint density at radius 3 is 1.65 bits per heavy atom. The van der Waals surface area contributed by atoms with Crippen molar-refractivity contribution in [2.75, 3.05) is 0 Å².